The molecule has 5 heteroatoms. The fraction of sp³-hybridized carbons (Fsp3) is 0.364. The second-order valence-electron chi connectivity index (χ2n) is 7.34. The molecule has 0 aliphatic carbocycles. The van der Waals surface area contributed by atoms with E-state index in [0.717, 1.165) is 22.4 Å². The first-order chi connectivity index (χ1) is 12.9. The molecule has 1 N–H and O–H groups in total. The van der Waals surface area contributed by atoms with Crippen LogP contribution in [0.3, 0.4) is 0 Å². The van der Waals surface area contributed by atoms with E-state index < -0.39 is 5.41 Å². The van der Waals surface area contributed by atoms with Gasteiger partial charge < -0.3 is 14.8 Å². The van der Waals surface area contributed by atoms with Crippen LogP contribution in [0.2, 0.25) is 0 Å². The molecule has 2 aromatic carbocycles. The monoisotopic (exact) mass is 367 g/mol. The molecule has 0 atom stereocenters. The molecule has 1 heterocycles. The van der Waals surface area contributed by atoms with E-state index in [4.69, 9.17) is 9.47 Å². The number of anilines is 1. The van der Waals surface area contributed by atoms with Crippen LogP contribution >= 0.6 is 0 Å². The van der Waals surface area contributed by atoms with Crippen molar-refractivity contribution < 1.29 is 19.1 Å². The molecule has 3 rings (SSSR count). The average Bonchev–Trinajstić information content (AvgIpc) is 2.65. The zero-order chi connectivity index (χ0) is 19.4. The summed E-state index contributed by atoms with van der Waals surface area (Å²) in [6.45, 7) is 6.20. The Hall–Kier alpha value is -2.82. The van der Waals surface area contributed by atoms with Gasteiger partial charge in [-0.1, -0.05) is 29.8 Å². The minimum atomic E-state index is -0.711. The van der Waals surface area contributed by atoms with Crippen molar-refractivity contribution in [2.24, 2.45) is 0 Å². The number of hydrogen-bond acceptors (Lipinski definition) is 4. The second kappa shape index (κ2) is 7.82. The molecule has 2 aromatic rings. The molecule has 0 saturated carbocycles. The third kappa shape index (κ3) is 4.48. The lowest BCUT2D eigenvalue weighted by Gasteiger charge is -2.23. The van der Waals surface area contributed by atoms with Gasteiger partial charge in [0.15, 0.2) is 0 Å². The zero-order valence-electron chi connectivity index (χ0n) is 16.0. The Morgan fingerprint density at radius 1 is 1.07 bits per heavy atom. The summed E-state index contributed by atoms with van der Waals surface area (Å²) < 4.78 is 11.1. The first-order valence-corrected chi connectivity index (χ1v) is 9.16. The number of benzene rings is 2. The largest absolute Gasteiger partial charge is 0.490 e. The lowest BCUT2D eigenvalue weighted by atomic mass is 9.84. The maximum Gasteiger partial charge on any atom is 0.316 e. The van der Waals surface area contributed by atoms with Crippen LogP contribution in [0.4, 0.5) is 5.69 Å². The third-order valence-corrected chi connectivity index (χ3v) is 4.84. The molecule has 0 saturated heterocycles. The summed E-state index contributed by atoms with van der Waals surface area (Å²) in [5.41, 5.74) is 3.27. The van der Waals surface area contributed by atoms with Crippen molar-refractivity contribution in [1.82, 2.24) is 0 Å². The molecular formula is C22H25NO4. The van der Waals surface area contributed by atoms with Gasteiger partial charge in [0.1, 0.15) is 19.0 Å². The van der Waals surface area contributed by atoms with Gasteiger partial charge >= 0.3 is 5.97 Å². The minimum absolute atomic E-state index is 0.0410. The van der Waals surface area contributed by atoms with E-state index in [-0.39, 0.29) is 25.1 Å². The summed E-state index contributed by atoms with van der Waals surface area (Å²) in [5.74, 6) is 0.473. The van der Waals surface area contributed by atoms with Crippen LogP contribution in [-0.4, -0.2) is 25.1 Å². The lowest BCUT2D eigenvalue weighted by Crippen LogP contribution is -2.32. The number of aryl methyl sites for hydroxylation is 2. The number of carbonyl (C=O) groups is 2. The summed E-state index contributed by atoms with van der Waals surface area (Å²) in [6.07, 6.45) is 1.19. The number of fused-ring (bicyclic) bond motifs is 1. The Labute approximate surface area is 159 Å². The first kappa shape index (κ1) is 19.0. The Bertz CT molecular complexity index is 840. The molecule has 0 fully saturated rings. The Morgan fingerprint density at radius 2 is 1.81 bits per heavy atom. The number of ether oxygens (including phenoxy) is 2. The van der Waals surface area contributed by atoms with Crippen molar-refractivity contribution in [3.63, 3.8) is 0 Å². The molecule has 5 nitrogen and oxygen atoms in total. The van der Waals surface area contributed by atoms with Crippen molar-refractivity contribution in [3.05, 3.63) is 59.2 Å². The van der Waals surface area contributed by atoms with Gasteiger partial charge in [-0.15, -0.1) is 0 Å². The number of carbonyl (C=O) groups excluding carboxylic acids is 2. The van der Waals surface area contributed by atoms with E-state index in [0.29, 0.717) is 18.6 Å². The van der Waals surface area contributed by atoms with Crippen molar-refractivity contribution in [1.29, 1.82) is 0 Å². The highest BCUT2D eigenvalue weighted by molar-refractivity contribution is 5.94. The zero-order valence-corrected chi connectivity index (χ0v) is 16.0. The third-order valence-electron chi connectivity index (χ3n) is 4.84. The fourth-order valence-electron chi connectivity index (χ4n) is 3.01. The highest BCUT2D eigenvalue weighted by atomic mass is 16.6. The van der Waals surface area contributed by atoms with Crippen LogP contribution in [0.1, 0.15) is 37.0 Å². The minimum Gasteiger partial charge on any atom is -0.490 e. The summed E-state index contributed by atoms with van der Waals surface area (Å²) >= 11 is 0. The summed E-state index contributed by atoms with van der Waals surface area (Å²) in [7, 11) is 0. The topological polar surface area (TPSA) is 64.6 Å². The number of rotatable bonds is 6. The Kier molecular flexibility index (Phi) is 5.49. The van der Waals surface area contributed by atoms with Gasteiger partial charge in [0.2, 0.25) is 5.91 Å². The van der Waals surface area contributed by atoms with Gasteiger partial charge in [0.25, 0.3) is 0 Å². The van der Waals surface area contributed by atoms with Crippen LogP contribution in [0.15, 0.2) is 42.5 Å². The second-order valence-corrected chi connectivity index (χ2v) is 7.34. The highest BCUT2D eigenvalue weighted by Gasteiger charge is 2.31. The summed E-state index contributed by atoms with van der Waals surface area (Å²) in [5, 5.41) is 2.84. The van der Waals surface area contributed by atoms with E-state index in [1.165, 1.54) is 0 Å². The fourth-order valence-corrected chi connectivity index (χ4v) is 3.01. The van der Waals surface area contributed by atoms with Crippen LogP contribution in [0.25, 0.3) is 0 Å². The molecule has 1 aliphatic heterocycles. The average molecular weight is 367 g/mol. The van der Waals surface area contributed by atoms with Gasteiger partial charge in [0, 0.05) is 12.1 Å². The molecule has 142 valence electrons. The smallest absolute Gasteiger partial charge is 0.316 e. The molecule has 0 spiro atoms. The van der Waals surface area contributed by atoms with E-state index in [9.17, 15) is 9.59 Å². The molecule has 0 aromatic heterocycles. The summed E-state index contributed by atoms with van der Waals surface area (Å²) in [4.78, 5) is 23.9. The van der Waals surface area contributed by atoms with E-state index in [1.807, 2.05) is 63.2 Å². The predicted octanol–water partition coefficient (Wildman–Crippen LogP) is 3.78. The van der Waals surface area contributed by atoms with E-state index in [2.05, 4.69) is 5.32 Å². The van der Waals surface area contributed by atoms with Crippen LogP contribution in [0, 0.1) is 6.92 Å². The summed E-state index contributed by atoms with van der Waals surface area (Å²) in [6, 6.07) is 13.5. The first-order valence-electron chi connectivity index (χ1n) is 9.16. The standard InChI is InChI=1S/C22H25NO4/c1-15-4-7-17(8-5-15)22(2,3)21(25)27-13-12-26-18-9-10-19-16(14-18)6-11-20(24)23-19/h4-5,7-10,14H,6,11-13H2,1-3H3,(H,23,24). The lowest BCUT2D eigenvalue weighted by molar-refractivity contribution is -0.150. The van der Waals surface area contributed by atoms with Gasteiger partial charge in [-0.25, -0.2) is 0 Å². The maximum atomic E-state index is 12.5. The van der Waals surface area contributed by atoms with Crippen molar-refractivity contribution in [3.8, 4) is 5.75 Å². The SMILES string of the molecule is Cc1ccc(C(C)(C)C(=O)OCCOc2ccc3c(c2)CCC(=O)N3)cc1. The van der Waals surface area contributed by atoms with Crippen LogP contribution in [-0.2, 0) is 26.2 Å². The molecule has 1 amide bonds. The number of amides is 1. The molecule has 27 heavy (non-hydrogen) atoms. The molecule has 0 bridgehead atoms. The van der Waals surface area contributed by atoms with Crippen molar-refractivity contribution in [2.75, 3.05) is 18.5 Å². The Morgan fingerprint density at radius 3 is 2.56 bits per heavy atom. The number of hydrogen-bond donors (Lipinski definition) is 1. The molecule has 0 radical (unpaired) electrons. The van der Waals surface area contributed by atoms with Gasteiger partial charge in [0.05, 0.1) is 5.41 Å². The van der Waals surface area contributed by atoms with Crippen molar-refractivity contribution in [2.45, 2.75) is 39.0 Å². The highest BCUT2D eigenvalue weighted by Crippen LogP contribution is 2.27. The number of esters is 1. The molecular weight excluding hydrogens is 342 g/mol. The quantitative estimate of drug-likeness (QED) is 0.623. The van der Waals surface area contributed by atoms with Crippen LogP contribution < -0.4 is 10.1 Å². The predicted molar refractivity (Wildman–Crippen MR) is 104 cm³/mol. The molecule has 0 unspecified atom stereocenters. The van der Waals surface area contributed by atoms with E-state index in [1.54, 1.807) is 0 Å². The Balaban J connectivity index is 1.50. The van der Waals surface area contributed by atoms with Crippen molar-refractivity contribution >= 4 is 17.6 Å². The van der Waals surface area contributed by atoms with E-state index >= 15 is 0 Å². The van der Waals surface area contributed by atoms with Gasteiger partial charge in [-0.2, -0.15) is 0 Å². The molecule has 1 aliphatic rings. The van der Waals surface area contributed by atoms with Gasteiger partial charge in [-0.05, 0) is 56.5 Å². The maximum absolute atomic E-state index is 12.5. The normalized spacial score (nSPS) is 13.5. The number of nitrogens with one attached hydrogen (secondary N) is 1. The van der Waals surface area contributed by atoms with Crippen LogP contribution in [0.5, 0.6) is 5.75 Å². The van der Waals surface area contributed by atoms with Gasteiger partial charge in [-0.3, -0.25) is 9.59 Å².